The van der Waals surface area contributed by atoms with Gasteiger partial charge in [0.25, 0.3) is 5.56 Å². The van der Waals surface area contributed by atoms with Crippen molar-refractivity contribution in [2.24, 2.45) is 0 Å². The van der Waals surface area contributed by atoms with Gasteiger partial charge in [0.05, 0.1) is 18.0 Å². The largest absolute Gasteiger partial charge is 0.392 e. The van der Waals surface area contributed by atoms with Crippen LogP contribution in [0.1, 0.15) is 5.56 Å². The van der Waals surface area contributed by atoms with Crippen molar-refractivity contribution in [2.75, 3.05) is 5.32 Å². The number of aliphatic hydroxyl groups excluding tert-OH is 1. The van der Waals surface area contributed by atoms with Gasteiger partial charge in [0.15, 0.2) is 0 Å². The first-order valence-corrected chi connectivity index (χ1v) is 9.00. The van der Waals surface area contributed by atoms with Crippen LogP contribution in [0.5, 0.6) is 0 Å². The third-order valence-corrected chi connectivity index (χ3v) is 4.60. The third kappa shape index (κ3) is 3.58. The zero-order chi connectivity index (χ0) is 21.3. The first-order chi connectivity index (χ1) is 14.5. The highest BCUT2D eigenvalue weighted by Crippen LogP contribution is 2.25. The van der Waals surface area contributed by atoms with Crippen LogP contribution in [0.15, 0.2) is 65.7 Å². The number of hydrogen-bond donors (Lipinski definition) is 2. The van der Waals surface area contributed by atoms with Crippen LogP contribution in [0.4, 0.5) is 14.5 Å². The molecule has 0 saturated heterocycles. The number of para-hydroxylation sites is 1. The number of fused-ring (bicyclic) bond motifs is 1. The lowest BCUT2D eigenvalue weighted by molar-refractivity contribution is -0.116. The molecule has 0 aliphatic heterocycles. The molecule has 0 bridgehead atoms. The fraction of sp³-hybridized carbons (Fsp3) is 0.0952. The van der Waals surface area contributed by atoms with Crippen molar-refractivity contribution >= 4 is 17.1 Å². The Labute approximate surface area is 168 Å². The number of carbonyl (C=O) groups is 1. The average molecular weight is 410 g/mol. The van der Waals surface area contributed by atoms with E-state index < -0.39 is 29.7 Å². The quantitative estimate of drug-likeness (QED) is 0.529. The van der Waals surface area contributed by atoms with E-state index in [4.69, 9.17) is 0 Å². The maximum atomic E-state index is 13.7. The van der Waals surface area contributed by atoms with Crippen molar-refractivity contribution in [1.82, 2.24) is 14.2 Å². The van der Waals surface area contributed by atoms with E-state index in [0.717, 1.165) is 4.57 Å². The fourth-order valence-electron chi connectivity index (χ4n) is 3.17. The van der Waals surface area contributed by atoms with Gasteiger partial charge in [-0.15, -0.1) is 0 Å². The second-order valence-corrected chi connectivity index (χ2v) is 6.54. The molecule has 2 aromatic carbocycles. The highest BCUT2D eigenvalue weighted by atomic mass is 19.1. The normalized spacial score (nSPS) is 11.0. The summed E-state index contributed by atoms with van der Waals surface area (Å²) in [7, 11) is 0. The van der Waals surface area contributed by atoms with E-state index in [1.807, 2.05) is 0 Å². The molecular formula is C21H16F2N4O3. The van der Waals surface area contributed by atoms with Crippen molar-refractivity contribution in [3.05, 3.63) is 88.5 Å². The molecule has 0 aliphatic rings. The topological polar surface area (TPSA) is 88.6 Å². The van der Waals surface area contributed by atoms with Crippen LogP contribution >= 0.6 is 0 Å². The Kier molecular flexibility index (Phi) is 5.11. The highest BCUT2D eigenvalue weighted by molar-refractivity contribution is 5.90. The molecule has 2 aromatic heterocycles. The predicted molar refractivity (Wildman–Crippen MR) is 106 cm³/mol. The van der Waals surface area contributed by atoms with E-state index >= 15 is 0 Å². The Morgan fingerprint density at radius 2 is 1.80 bits per heavy atom. The monoisotopic (exact) mass is 410 g/mol. The number of aromatic nitrogens is 3. The summed E-state index contributed by atoms with van der Waals surface area (Å²) in [6.07, 6.45) is 2.85. The number of benzene rings is 2. The maximum absolute atomic E-state index is 13.7. The molecule has 2 heterocycles. The first kappa shape index (κ1) is 19.5. The lowest BCUT2D eigenvalue weighted by Crippen LogP contribution is -2.28. The van der Waals surface area contributed by atoms with Gasteiger partial charge < -0.3 is 15.0 Å². The Balaban J connectivity index is 1.70. The van der Waals surface area contributed by atoms with Gasteiger partial charge in [0.2, 0.25) is 5.91 Å². The summed E-state index contributed by atoms with van der Waals surface area (Å²) >= 11 is 0. The molecule has 0 unspecified atom stereocenters. The first-order valence-electron chi connectivity index (χ1n) is 9.00. The molecule has 1 amide bonds. The van der Waals surface area contributed by atoms with Crippen LogP contribution in [0.2, 0.25) is 0 Å². The number of nitrogens with one attached hydrogen (secondary N) is 1. The van der Waals surface area contributed by atoms with Crippen LogP contribution < -0.4 is 10.9 Å². The minimum atomic E-state index is -0.588. The van der Waals surface area contributed by atoms with E-state index in [0.29, 0.717) is 11.3 Å². The summed E-state index contributed by atoms with van der Waals surface area (Å²) in [4.78, 5) is 25.2. The standard InChI is InChI=1S/C21H16F2N4O3/c22-14-7-5-13(6-8-14)19-15(12-28)20-21(30)26(9-10-27(20)25-19)11-18(29)24-17-4-2-1-3-16(17)23/h1-10,28H,11-12H2,(H,24,29). The predicted octanol–water partition coefficient (Wildman–Crippen LogP) is 2.57. The molecule has 7 nitrogen and oxygen atoms in total. The zero-order valence-corrected chi connectivity index (χ0v) is 15.5. The minimum Gasteiger partial charge on any atom is -0.392 e. The summed E-state index contributed by atoms with van der Waals surface area (Å²) in [5.74, 6) is -1.59. The smallest absolute Gasteiger partial charge is 0.277 e. The molecular weight excluding hydrogens is 394 g/mol. The average Bonchev–Trinajstić information content (AvgIpc) is 3.12. The van der Waals surface area contributed by atoms with Crippen LogP contribution in [-0.2, 0) is 17.9 Å². The Morgan fingerprint density at radius 1 is 1.07 bits per heavy atom. The van der Waals surface area contributed by atoms with Gasteiger partial charge in [0, 0.05) is 23.5 Å². The Bertz CT molecular complexity index is 1300. The summed E-state index contributed by atoms with van der Waals surface area (Å²) in [5.41, 5.74) is 0.686. The zero-order valence-electron chi connectivity index (χ0n) is 15.5. The number of rotatable bonds is 5. The van der Waals surface area contributed by atoms with Crippen molar-refractivity contribution in [2.45, 2.75) is 13.2 Å². The highest BCUT2D eigenvalue weighted by Gasteiger charge is 2.18. The fourth-order valence-corrected chi connectivity index (χ4v) is 3.17. The second-order valence-electron chi connectivity index (χ2n) is 6.54. The Morgan fingerprint density at radius 3 is 2.50 bits per heavy atom. The molecule has 2 N–H and O–H groups in total. The second kappa shape index (κ2) is 7.88. The molecule has 0 radical (unpaired) electrons. The van der Waals surface area contributed by atoms with E-state index in [-0.39, 0.29) is 23.3 Å². The number of carbonyl (C=O) groups excluding carboxylic acids is 1. The van der Waals surface area contributed by atoms with Gasteiger partial charge in [-0.2, -0.15) is 5.10 Å². The van der Waals surface area contributed by atoms with E-state index in [2.05, 4.69) is 10.4 Å². The summed E-state index contributed by atoms with van der Waals surface area (Å²) in [6, 6.07) is 11.2. The van der Waals surface area contributed by atoms with Crippen molar-refractivity contribution in [1.29, 1.82) is 0 Å². The number of hydrogen-bond acceptors (Lipinski definition) is 4. The van der Waals surface area contributed by atoms with E-state index in [9.17, 15) is 23.5 Å². The molecule has 152 valence electrons. The maximum Gasteiger partial charge on any atom is 0.277 e. The number of nitrogens with zero attached hydrogens (tertiary/aromatic N) is 3. The van der Waals surface area contributed by atoms with Crippen molar-refractivity contribution in [3.63, 3.8) is 0 Å². The molecule has 0 spiro atoms. The number of aliphatic hydroxyl groups is 1. The number of halogens is 2. The number of anilines is 1. The molecule has 0 fully saturated rings. The lowest BCUT2D eigenvalue weighted by Gasteiger charge is -2.08. The van der Waals surface area contributed by atoms with Crippen molar-refractivity contribution < 1.29 is 18.7 Å². The van der Waals surface area contributed by atoms with Crippen LogP contribution in [-0.4, -0.2) is 25.2 Å². The lowest BCUT2D eigenvalue weighted by atomic mass is 10.1. The van der Waals surface area contributed by atoms with Gasteiger partial charge in [0.1, 0.15) is 23.7 Å². The minimum absolute atomic E-state index is 0.00984. The van der Waals surface area contributed by atoms with Gasteiger partial charge in [-0.3, -0.25) is 9.59 Å². The van der Waals surface area contributed by atoms with Crippen LogP contribution in [0.3, 0.4) is 0 Å². The van der Waals surface area contributed by atoms with Gasteiger partial charge in [-0.05, 0) is 36.4 Å². The summed E-state index contributed by atoms with van der Waals surface area (Å²) in [5, 5.41) is 16.6. The third-order valence-electron chi connectivity index (χ3n) is 4.60. The summed E-state index contributed by atoms with van der Waals surface area (Å²) < 4.78 is 29.4. The SMILES string of the molecule is O=C(Cn1ccn2nc(-c3ccc(F)cc3)c(CO)c2c1=O)Nc1ccccc1F. The molecule has 9 heteroatoms. The van der Waals surface area contributed by atoms with E-state index in [1.54, 1.807) is 6.07 Å². The molecule has 30 heavy (non-hydrogen) atoms. The molecule has 4 rings (SSSR count). The van der Waals surface area contributed by atoms with Gasteiger partial charge in [-0.25, -0.2) is 13.3 Å². The Hall–Kier alpha value is -3.85. The van der Waals surface area contributed by atoms with Gasteiger partial charge in [-0.1, -0.05) is 12.1 Å². The molecule has 4 aromatic rings. The van der Waals surface area contributed by atoms with Gasteiger partial charge >= 0.3 is 0 Å². The van der Waals surface area contributed by atoms with Crippen LogP contribution in [0, 0.1) is 11.6 Å². The van der Waals surface area contributed by atoms with Crippen molar-refractivity contribution in [3.8, 4) is 11.3 Å². The molecule has 0 aliphatic carbocycles. The van der Waals surface area contributed by atoms with E-state index in [1.165, 1.54) is 59.4 Å². The molecule has 0 atom stereocenters. The summed E-state index contributed by atoms with van der Waals surface area (Å²) in [6.45, 7) is -0.831. The van der Waals surface area contributed by atoms with Crippen LogP contribution in [0.25, 0.3) is 16.8 Å². The molecule has 0 saturated carbocycles. The number of amides is 1.